The lowest BCUT2D eigenvalue weighted by molar-refractivity contribution is -0.121. The number of nitrogens with zero attached hydrogens (tertiary/aromatic N) is 1. The number of hydrogen-bond acceptors (Lipinski definition) is 2. The van der Waals surface area contributed by atoms with E-state index in [1.54, 1.807) is 10.1 Å². The minimum Gasteiger partial charge on any atom is -0.325 e. The van der Waals surface area contributed by atoms with Gasteiger partial charge >= 0.3 is 0 Å². The molecule has 0 radical (unpaired) electrons. The van der Waals surface area contributed by atoms with Gasteiger partial charge in [-0.05, 0) is 72.6 Å². The molecule has 1 amide bonds. The number of pyridine rings is 1. The van der Waals surface area contributed by atoms with Gasteiger partial charge in [0.2, 0.25) is 5.91 Å². The average Bonchev–Trinajstić information content (AvgIpc) is 2.74. The summed E-state index contributed by atoms with van der Waals surface area (Å²) in [5.74, 6) is 0.813. The van der Waals surface area contributed by atoms with Crippen molar-refractivity contribution in [3.05, 3.63) is 88.4 Å². The molecule has 2 saturated carbocycles. The van der Waals surface area contributed by atoms with E-state index in [1.165, 1.54) is 19.3 Å². The van der Waals surface area contributed by atoms with Crippen LogP contribution in [-0.2, 0) is 11.3 Å². The zero-order chi connectivity index (χ0) is 22.6. The van der Waals surface area contributed by atoms with Crippen molar-refractivity contribution in [1.82, 2.24) is 4.57 Å². The molecule has 0 saturated heterocycles. The second-order valence-corrected chi connectivity index (χ2v) is 11.0. The van der Waals surface area contributed by atoms with Crippen molar-refractivity contribution in [3.63, 3.8) is 0 Å². The van der Waals surface area contributed by atoms with E-state index in [0.29, 0.717) is 18.4 Å². The van der Waals surface area contributed by atoms with Crippen LogP contribution in [0.1, 0.15) is 51.0 Å². The van der Waals surface area contributed by atoms with Gasteiger partial charge in [0.1, 0.15) is 0 Å². The molecule has 4 aliphatic carbocycles. The molecule has 3 atom stereocenters. The fourth-order valence-corrected chi connectivity index (χ4v) is 7.33. The zero-order valence-electron chi connectivity index (χ0n) is 19.1. The summed E-state index contributed by atoms with van der Waals surface area (Å²) in [5.41, 5.74) is 3.74. The van der Waals surface area contributed by atoms with Gasteiger partial charge < -0.3 is 9.88 Å². The van der Waals surface area contributed by atoms with E-state index in [0.717, 1.165) is 35.4 Å². The zero-order valence-corrected chi connectivity index (χ0v) is 19.1. The number of rotatable bonds is 5. The van der Waals surface area contributed by atoms with Crippen LogP contribution >= 0.6 is 0 Å². The molecule has 0 aliphatic heterocycles. The van der Waals surface area contributed by atoms with E-state index in [4.69, 9.17) is 0 Å². The Hall–Kier alpha value is -3.14. The van der Waals surface area contributed by atoms with Gasteiger partial charge in [0.25, 0.3) is 5.56 Å². The second-order valence-electron chi connectivity index (χ2n) is 11.0. The maximum atomic E-state index is 13.2. The first-order valence-corrected chi connectivity index (χ1v) is 12.1. The highest BCUT2D eigenvalue weighted by atomic mass is 16.1. The Balaban J connectivity index is 1.24. The molecule has 168 valence electrons. The van der Waals surface area contributed by atoms with Crippen LogP contribution in [-0.4, -0.2) is 10.5 Å². The fraction of sp³-hybridized carbons (Fsp3) is 0.379. The Morgan fingerprint density at radius 1 is 1.06 bits per heavy atom. The topological polar surface area (TPSA) is 51.1 Å². The van der Waals surface area contributed by atoms with Crippen LogP contribution in [0.5, 0.6) is 0 Å². The molecule has 33 heavy (non-hydrogen) atoms. The van der Waals surface area contributed by atoms with E-state index in [-0.39, 0.29) is 22.3 Å². The average molecular weight is 439 g/mol. The molecular formula is C29H30N2O2. The molecule has 7 rings (SSSR count). The number of carbonyl (C=O) groups excluding carboxylic acids is 1. The monoisotopic (exact) mass is 438 g/mol. The summed E-state index contributed by atoms with van der Waals surface area (Å²) >= 11 is 0. The number of nitrogens with one attached hydrogen (secondary N) is 1. The molecule has 4 heteroatoms. The highest BCUT2D eigenvalue weighted by molar-refractivity contribution is 6.02. The lowest BCUT2D eigenvalue weighted by Crippen LogP contribution is -2.47. The van der Waals surface area contributed by atoms with Gasteiger partial charge in [0, 0.05) is 29.1 Å². The standard InChI is InChI=1S/C29H30N2O2/c1-28-13-21-12-22(14-28)16-29(15-21,19-28)17-26(32)30-25-9-5-8-24-23(25)10-11-31(27(24)33)18-20-6-3-2-4-7-20/h2-11,13,22H,12,14-19H2,1H3,(H,30,32). The van der Waals surface area contributed by atoms with E-state index < -0.39 is 0 Å². The molecule has 3 unspecified atom stereocenters. The van der Waals surface area contributed by atoms with Gasteiger partial charge in [0.15, 0.2) is 0 Å². The summed E-state index contributed by atoms with van der Waals surface area (Å²) in [7, 11) is 0. The van der Waals surface area contributed by atoms with Crippen molar-refractivity contribution in [2.45, 2.75) is 52.0 Å². The van der Waals surface area contributed by atoms with Crippen LogP contribution in [0.4, 0.5) is 5.69 Å². The van der Waals surface area contributed by atoms with Crippen LogP contribution < -0.4 is 10.9 Å². The molecule has 1 aromatic heterocycles. The number of anilines is 1. The van der Waals surface area contributed by atoms with Crippen LogP contribution in [0.2, 0.25) is 0 Å². The van der Waals surface area contributed by atoms with Crippen LogP contribution in [0, 0.1) is 16.7 Å². The van der Waals surface area contributed by atoms with Crippen LogP contribution in [0.25, 0.3) is 10.8 Å². The highest BCUT2D eigenvalue weighted by Gasteiger charge is 2.52. The summed E-state index contributed by atoms with van der Waals surface area (Å²) in [6, 6.07) is 17.6. The molecule has 2 aromatic carbocycles. The van der Waals surface area contributed by atoms with Gasteiger partial charge in [-0.15, -0.1) is 0 Å². The predicted molar refractivity (Wildman–Crippen MR) is 132 cm³/mol. The van der Waals surface area contributed by atoms with Gasteiger partial charge in [-0.3, -0.25) is 9.59 Å². The molecule has 1 heterocycles. The number of carbonyl (C=O) groups is 1. The maximum absolute atomic E-state index is 13.2. The summed E-state index contributed by atoms with van der Waals surface area (Å²) < 4.78 is 1.73. The van der Waals surface area contributed by atoms with Crippen molar-refractivity contribution in [1.29, 1.82) is 0 Å². The third kappa shape index (κ3) is 3.72. The molecule has 1 N–H and O–H groups in total. The minimum atomic E-state index is -0.0339. The smallest absolute Gasteiger partial charge is 0.258 e. The van der Waals surface area contributed by atoms with Crippen LogP contribution in [0.3, 0.4) is 0 Å². The second kappa shape index (κ2) is 7.44. The number of allylic oxidation sites excluding steroid dienone is 2. The van der Waals surface area contributed by atoms with Gasteiger partial charge in [-0.25, -0.2) is 0 Å². The fourth-order valence-electron chi connectivity index (χ4n) is 7.33. The number of hydrogen-bond donors (Lipinski definition) is 1. The SMILES string of the molecule is CC12C=C3CC(C1)CC(CC(=O)Nc1cccc4c(=O)n(Cc5ccccc5)ccc14)(C3)C2. The maximum Gasteiger partial charge on any atom is 0.258 e. The predicted octanol–water partition coefficient (Wildman–Crippen LogP) is 5.91. The number of fused-ring (bicyclic) bond motifs is 1. The largest absolute Gasteiger partial charge is 0.325 e. The van der Waals surface area contributed by atoms with Crippen molar-refractivity contribution >= 4 is 22.4 Å². The van der Waals surface area contributed by atoms with Crippen molar-refractivity contribution in [2.24, 2.45) is 16.7 Å². The molecule has 2 fully saturated rings. The summed E-state index contributed by atoms with van der Waals surface area (Å²) in [6.07, 6.45) is 10.8. The molecule has 3 aromatic rings. The number of amides is 1. The lowest BCUT2D eigenvalue weighted by atomic mass is 9.48. The van der Waals surface area contributed by atoms with E-state index in [2.05, 4.69) is 18.3 Å². The molecule has 4 nitrogen and oxygen atoms in total. The Morgan fingerprint density at radius 3 is 2.70 bits per heavy atom. The lowest BCUT2D eigenvalue weighted by Gasteiger charge is -2.57. The molecule has 4 bridgehead atoms. The Morgan fingerprint density at radius 2 is 1.91 bits per heavy atom. The van der Waals surface area contributed by atoms with E-state index in [1.807, 2.05) is 60.8 Å². The quantitative estimate of drug-likeness (QED) is 0.504. The van der Waals surface area contributed by atoms with Crippen molar-refractivity contribution in [2.75, 3.05) is 5.32 Å². The van der Waals surface area contributed by atoms with Crippen LogP contribution in [0.15, 0.2) is 77.2 Å². The first-order chi connectivity index (χ1) is 15.9. The van der Waals surface area contributed by atoms with Gasteiger partial charge in [-0.1, -0.05) is 55.0 Å². The van der Waals surface area contributed by atoms with Gasteiger partial charge in [-0.2, -0.15) is 0 Å². The Bertz CT molecular complexity index is 1340. The minimum absolute atomic E-state index is 0.0339. The number of benzene rings is 2. The third-order valence-corrected chi connectivity index (χ3v) is 7.98. The van der Waals surface area contributed by atoms with Crippen molar-refractivity contribution in [3.8, 4) is 0 Å². The van der Waals surface area contributed by atoms with E-state index in [9.17, 15) is 9.59 Å². The molecular weight excluding hydrogens is 408 g/mol. The Kier molecular flexibility index (Phi) is 4.62. The first-order valence-electron chi connectivity index (χ1n) is 12.1. The normalized spacial score (nSPS) is 27.5. The van der Waals surface area contributed by atoms with Gasteiger partial charge in [0.05, 0.1) is 6.54 Å². The first kappa shape index (κ1) is 20.5. The van der Waals surface area contributed by atoms with E-state index >= 15 is 0 Å². The van der Waals surface area contributed by atoms with Crippen molar-refractivity contribution < 1.29 is 4.79 Å². The Labute approximate surface area is 194 Å². The number of aromatic nitrogens is 1. The molecule has 0 spiro atoms. The highest BCUT2D eigenvalue weighted by Crippen LogP contribution is 2.63. The summed E-state index contributed by atoms with van der Waals surface area (Å²) in [4.78, 5) is 26.4. The molecule has 4 aliphatic rings. The third-order valence-electron chi connectivity index (χ3n) is 7.98. The summed E-state index contributed by atoms with van der Waals surface area (Å²) in [5, 5.41) is 4.61. The summed E-state index contributed by atoms with van der Waals surface area (Å²) in [6.45, 7) is 2.90.